The van der Waals surface area contributed by atoms with Gasteiger partial charge in [-0.3, -0.25) is 4.79 Å². The number of nitrogens with zero attached hydrogens (tertiary/aromatic N) is 1. The highest BCUT2D eigenvalue weighted by Gasteiger charge is 2.53. The van der Waals surface area contributed by atoms with Gasteiger partial charge in [0.15, 0.2) is 18.5 Å². The number of esters is 3. The predicted molar refractivity (Wildman–Crippen MR) is 146 cm³/mol. The van der Waals surface area contributed by atoms with E-state index in [1.807, 2.05) is 0 Å². The highest BCUT2D eigenvalue weighted by atomic mass is 16.7. The fourth-order valence-corrected chi connectivity index (χ4v) is 4.46. The van der Waals surface area contributed by atoms with Gasteiger partial charge in [0.25, 0.3) is 0 Å². The summed E-state index contributed by atoms with van der Waals surface area (Å²) in [7, 11) is 2.86. The van der Waals surface area contributed by atoms with Gasteiger partial charge in [-0.2, -0.15) is 0 Å². The molecule has 1 fully saturated rings. The number of benzene rings is 3. The van der Waals surface area contributed by atoms with Crippen LogP contribution in [0, 0.1) is 0 Å². The van der Waals surface area contributed by atoms with Crippen molar-refractivity contribution in [3.8, 4) is 0 Å². The van der Waals surface area contributed by atoms with E-state index in [1.165, 1.54) is 26.0 Å². The average Bonchev–Trinajstić information content (AvgIpc) is 3.01. The van der Waals surface area contributed by atoms with E-state index >= 15 is 0 Å². The Kier molecular flexibility index (Phi) is 9.83. The molecule has 0 aliphatic carbocycles. The molecule has 0 aromatic heterocycles. The van der Waals surface area contributed by atoms with Crippen LogP contribution in [0.1, 0.15) is 38.0 Å². The lowest BCUT2D eigenvalue weighted by molar-refractivity contribution is -0.275. The molecule has 0 radical (unpaired) electrons. The molecule has 1 amide bonds. The van der Waals surface area contributed by atoms with Crippen molar-refractivity contribution in [2.75, 3.05) is 20.8 Å². The first kappa shape index (κ1) is 29.4. The quantitative estimate of drug-likeness (QED) is 0.286. The van der Waals surface area contributed by atoms with Crippen molar-refractivity contribution < 1.29 is 42.9 Å². The maximum Gasteiger partial charge on any atom is 0.338 e. The van der Waals surface area contributed by atoms with E-state index < -0.39 is 48.6 Å². The minimum atomic E-state index is -1.29. The molecule has 0 saturated carbocycles. The summed E-state index contributed by atoms with van der Waals surface area (Å²) in [6.07, 6.45) is -4.80. The van der Waals surface area contributed by atoms with Crippen LogP contribution < -0.4 is 0 Å². The molecular formula is C31H31NO9. The van der Waals surface area contributed by atoms with Gasteiger partial charge in [-0.1, -0.05) is 54.6 Å². The van der Waals surface area contributed by atoms with Crippen LogP contribution in [0.3, 0.4) is 0 Å². The van der Waals surface area contributed by atoms with Gasteiger partial charge in [0.05, 0.1) is 16.7 Å². The molecule has 0 spiro atoms. The van der Waals surface area contributed by atoms with Crippen LogP contribution in [0.2, 0.25) is 0 Å². The van der Waals surface area contributed by atoms with Gasteiger partial charge < -0.3 is 28.6 Å². The van der Waals surface area contributed by atoms with Gasteiger partial charge in [-0.25, -0.2) is 14.4 Å². The van der Waals surface area contributed by atoms with Crippen LogP contribution in [-0.2, 0) is 28.5 Å². The molecule has 41 heavy (non-hydrogen) atoms. The van der Waals surface area contributed by atoms with E-state index in [2.05, 4.69) is 0 Å². The highest BCUT2D eigenvalue weighted by molar-refractivity contribution is 5.91. The number of carbonyl (C=O) groups is 4. The van der Waals surface area contributed by atoms with Crippen LogP contribution in [0.15, 0.2) is 91.0 Å². The normalized spacial score (nSPS) is 21.8. The Morgan fingerprint density at radius 1 is 0.707 bits per heavy atom. The number of carbonyl (C=O) groups excluding carboxylic acids is 4. The molecule has 5 atom stereocenters. The zero-order chi connectivity index (χ0) is 29.4. The Bertz CT molecular complexity index is 1330. The fraction of sp³-hybridized carbons (Fsp3) is 0.290. The Morgan fingerprint density at radius 2 is 1.15 bits per heavy atom. The molecule has 1 aliphatic heterocycles. The van der Waals surface area contributed by atoms with Crippen molar-refractivity contribution in [1.82, 2.24) is 4.90 Å². The Balaban J connectivity index is 1.71. The Labute approximate surface area is 237 Å². The zero-order valence-electron chi connectivity index (χ0n) is 22.9. The Morgan fingerprint density at radius 3 is 1.59 bits per heavy atom. The molecule has 1 saturated heterocycles. The molecule has 0 bridgehead atoms. The van der Waals surface area contributed by atoms with Crippen LogP contribution in [0.5, 0.6) is 0 Å². The van der Waals surface area contributed by atoms with Crippen LogP contribution >= 0.6 is 0 Å². The largest absolute Gasteiger partial charge is 0.459 e. The predicted octanol–water partition coefficient (Wildman–Crippen LogP) is 3.51. The van der Waals surface area contributed by atoms with Gasteiger partial charge in [0, 0.05) is 21.1 Å². The number of methoxy groups -OCH3 is 1. The minimum Gasteiger partial charge on any atom is -0.459 e. The van der Waals surface area contributed by atoms with Gasteiger partial charge in [0.1, 0.15) is 18.8 Å². The molecule has 0 unspecified atom stereocenters. The zero-order valence-corrected chi connectivity index (χ0v) is 22.9. The topological polar surface area (TPSA) is 118 Å². The standard InChI is InChI=1S/C31H31NO9/c1-20(33)32(2)25-27(41-30(36)23-17-11-6-12-18-23)26(40-29(35)22-15-9-5-10-16-22)24(39-31(25)37-3)19-38-28(34)21-13-7-4-8-14-21/h4-18,24-27,31H,19H2,1-3H3/t24-,25-,26-,27-,31-/m1/s1. The van der Waals surface area contributed by atoms with Crippen LogP contribution in [-0.4, -0.2) is 80.1 Å². The van der Waals surface area contributed by atoms with Gasteiger partial charge >= 0.3 is 17.9 Å². The molecule has 214 valence electrons. The lowest BCUT2D eigenvalue weighted by atomic mass is 9.94. The first-order chi connectivity index (χ1) is 19.8. The molecule has 0 N–H and O–H groups in total. The van der Waals surface area contributed by atoms with E-state index in [-0.39, 0.29) is 23.6 Å². The molecule has 10 nitrogen and oxygen atoms in total. The average molecular weight is 562 g/mol. The van der Waals surface area contributed by atoms with Gasteiger partial charge in [-0.05, 0) is 36.4 Å². The molecule has 10 heteroatoms. The summed E-state index contributed by atoms with van der Waals surface area (Å²) in [4.78, 5) is 53.1. The van der Waals surface area contributed by atoms with Gasteiger partial charge in [-0.15, -0.1) is 0 Å². The number of ether oxygens (including phenoxy) is 5. The molecular weight excluding hydrogens is 530 g/mol. The van der Waals surface area contributed by atoms with E-state index in [1.54, 1.807) is 91.0 Å². The minimum absolute atomic E-state index is 0.242. The number of hydrogen-bond acceptors (Lipinski definition) is 9. The maximum absolute atomic E-state index is 13.3. The van der Waals surface area contributed by atoms with Crippen molar-refractivity contribution in [3.05, 3.63) is 108 Å². The second-order valence-electron chi connectivity index (χ2n) is 9.34. The van der Waals surface area contributed by atoms with Crippen molar-refractivity contribution >= 4 is 23.8 Å². The van der Waals surface area contributed by atoms with Crippen molar-refractivity contribution in [1.29, 1.82) is 0 Å². The SMILES string of the molecule is CO[C@@H]1O[C@H](COC(=O)c2ccccc2)[C@@H](OC(=O)c2ccccc2)[C@H](OC(=O)c2ccccc2)[C@H]1N(C)C(C)=O. The number of rotatable bonds is 9. The highest BCUT2D eigenvalue weighted by Crippen LogP contribution is 2.31. The summed E-state index contributed by atoms with van der Waals surface area (Å²) >= 11 is 0. The molecule has 1 heterocycles. The first-order valence-electron chi connectivity index (χ1n) is 13.0. The van der Waals surface area contributed by atoms with Gasteiger partial charge in [0.2, 0.25) is 5.91 Å². The third-order valence-electron chi connectivity index (χ3n) is 6.68. The second-order valence-corrected chi connectivity index (χ2v) is 9.34. The van der Waals surface area contributed by atoms with Crippen molar-refractivity contribution in [3.63, 3.8) is 0 Å². The summed E-state index contributed by atoms with van der Waals surface area (Å²) in [6.45, 7) is 0.970. The van der Waals surface area contributed by atoms with E-state index in [0.29, 0.717) is 5.56 Å². The number of likely N-dealkylation sites (N-methyl/N-ethyl adjacent to an activating group) is 1. The second kappa shape index (κ2) is 13.7. The maximum atomic E-state index is 13.3. The summed E-state index contributed by atoms with van der Waals surface area (Å²) < 4.78 is 29.1. The fourth-order valence-electron chi connectivity index (χ4n) is 4.46. The third kappa shape index (κ3) is 7.16. The summed E-state index contributed by atoms with van der Waals surface area (Å²) in [5.74, 6) is -2.44. The smallest absolute Gasteiger partial charge is 0.338 e. The molecule has 1 aliphatic rings. The molecule has 4 rings (SSSR count). The third-order valence-corrected chi connectivity index (χ3v) is 6.68. The Hall–Kier alpha value is -4.54. The summed E-state index contributed by atoms with van der Waals surface area (Å²) in [6, 6.07) is 23.8. The first-order valence-corrected chi connectivity index (χ1v) is 13.0. The lowest BCUT2D eigenvalue weighted by Gasteiger charge is -2.47. The van der Waals surface area contributed by atoms with E-state index in [4.69, 9.17) is 23.7 Å². The molecule has 3 aromatic rings. The van der Waals surface area contributed by atoms with Crippen LogP contribution in [0.25, 0.3) is 0 Å². The lowest BCUT2D eigenvalue weighted by Crippen LogP contribution is -2.66. The van der Waals surface area contributed by atoms with E-state index in [9.17, 15) is 19.2 Å². The van der Waals surface area contributed by atoms with Crippen LogP contribution in [0.4, 0.5) is 0 Å². The number of amides is 1. The number of hydrogen-bond donors (Lipinski definition) is 0. The summed E-state index contributed by atoms with van der Waals surface area (Å²) in [5.41, 5.74) is 0.800. The van der Waals surface area contributed by atoms with Crippen molar-refractivity contribution in [2.45, 2.75) is 37.6 Å². The molecule has 3 aromatic carbocycles. The monoisotopic (exact) mass is 561 g/mol. The summed E-state index contributed by atoms with van der Waals surface area (Å²) in [5, 5.41) is 0. The van der Waals surface area contributed by atoms with Crippen molar-refractivity contribution in [2.24, 2.45) is 0 Å². The van der Waals surface area contributed by atoms with E-state index in [0.717, 1.165) is 0 Å².